The summed E-state index contributed by atoms with van der Waals surface area (Å²) in [5.74, 6) is -1.00. The van der Waals surface area contributed by atoms with Crippen LogP contribution in [0.5, 0.6) is 0 Å². The molecule has 2 aromatic heterocycles. The van der Waals surface area contributed by atoms with E-state index in [0.29, 0.717) is 43.1 Å². The second-order valence-electron chi connectivity index (χ2n) is 7.89. The van der Waals surface area contributed by atoms with E-state index >= 15 is 0 Å². The van der Waals surface area contributed by atoms with Crippen molar-refractivity contribution in [3.63, 3.8) is 0 Å². The SMILES string of the molecule is COC1CN(C(=O)Nc2cnn3ccc(C4(c5cc(F)ccc5F)CCCN4)nc23)C1. The maximum absolute atomic E-state index is 14.7. The molecule has 2 saturated heterocycles. The van der Waals surface area contributed by atoms with Gasteiger partial charge in [0, 0.05) is 18.9 Å². The molecular weight excluding hydrogens is 406 g/mol. The minimum Gasteiger partial charge on any atom is -0.378 e. The van der Waals surface area contributed by atoms with Gasteiger partial charge >= 0.3 is 6.03 Å². The molecule has 2 fully saturated rings. The molecule has 5 rings (SSSR count). The predicted octanol–water partition coefficient (Wildman–Crippen LogP) is 2.50. The lowest BCUT2D eigenvalue weighted by molar-refractivity contribution is -0.00465. The second kappa shape index (κ2) is 7.54. The summed E-state index contributed by atoms with van der Waals surface area (Å²) >= 11 is 0. The number of methoxy groups -OCH3 is 1. The van der Waals surface area contributed by atoms with Crippen LogP contribution in [0, 0.1) is 11.6 Å². The van der Waals surface area contributed by atoms with Gasteiger partial charge in [0.2, 0.25) is 0 Å². The number of carbonyl (C=O) groups excluding carboxylic acids is 1. The van der Waals surface area contributed by atoms with E-state index in [0.717, 1.165) is 18.6 Å². The van der Waals surface area contributed by atoms with E-state index in [2.05, 4.69) is 15.7 Å². The van der Waals surface area contributed by atoms with E-state index in [1.54, 1.807) is 24.3 Å². The fourth-order valence-electron chi connectivity index (χ4n) is 4.30. The summed E-state index contributed by atoms with van der Waals surface area (Å²) in [5.41, 5.74) is 0.683. The van der Waals surface area contributed by atoms with Gasteiger partial charge in [0.1, 0.15) is 17.3 Å². The summed E-state index contributed by atoms with van der Waals surface area (Å²) in [6.07, 6.45) is 4.64. The summed E-state index contributed by atoms with van der Waals surface area (Å²) in [6.45, 7) is 1.69. The maximum atomic E-state index is 14.7. The van der Waals surface area contributed by atoms with Crippen LogP contribution in [0.1, 0.15) is 24.1 Å². The molecule has 0 saturated carbocycles. The largest absolute Gasteiger partial charge is 0.378 e. The first-order valence-electron chi connectivity index (χ1n) is 10.1. The number of ether oxygens (including phenoxy) is 1. The molecule has 0 bridgehead atoms. The van der Waals surface area contributed by atoms with E-state index in [9.17, 15) is 13.6 Å². The molecule has 0 aliphatic carbocycles. The molecule has 31 heavy (non-hydrogen) atoms. The first kappa shape index (κ1) is 19.8. The Morgan fingerprint density at radius 2 is 2.16 bits per heavy atom. The van der Waals surface area contributed by atoms with E-state index in [-0.39, 0.29) is 17.7 Å². The smallest absolute Gasteiger partial charge is 0.322 e. The molecule has 2 amide bonds. The highest BCUT2D eigenvalue weighted by molar-refractivity contribution is 5.93. The van der Waals surface area contributed by atoms with Crippen LogP contribution in [-0.4, -0.2) is 58.4 Å². The molecule has 2 aliphatic heterocycles. The Balaban J connectivity index is 1.51. The Labute approximate surface area is 177 Å². The Morgan fingerprint density at radius 1 is 1.32 bits per heavy atom. The zero-order valence-electron chi connectivity index (χ0n) is 16.9. The fourth-order valence-corrected chi connectivity index (χ4v) is 4.30. The van der Waals surface area contributed by atoms with E-state index in [1.807, 2.05) is 0 Å². The molecule has 1 aromatic carbocycles. The number of nitrogens with one attached hydrogen (secondary N) is 2. The minimum absolute atomic E-state index is 0.0499. The predicted molar refractivity (Wildman–Crippen MR) is 109 cm³/mol. The number of carbonyl (C=O) groups is 1. The molecule has 8 nitrogen and oxygen atoms in total. The number of halogens is 2. The van der Waals surface area contributed by atoms with Gasteiger partial charge in [0.15, 0.2) is 5.65 Å². The van der Waals surface area contributed by atoms with E-state index in [4.69, 9.17) is 9.72 Å². The number of hydrogen-bond acceptors (Lipinski definition) is 5. The molecule has 2 N–H and O–H groups in total. The van der Waals surface area contributed by atoms with Gasteiger partial charge < -0.3 is 20.3 Å². The number of rotatable bonds is 4. The number of anilines is 1. The van der Waals surface area contributed by atoms with Crippen molar-refractivity contribution in [3.8, 4) is 0 Å². The van der Waals surface area contributed by atoms with Crippen molar-refractivity contribution in [3.05, 3.63) is 59.6 Å². The van der Waals surface area contributed by atoms with Crippen molar-refractivity contribution >= 4 is 17.4 Å². The number of likely N-dealkylation sites (tertiary alicyclic amines) is 1. The first-order chi connectivity index (χ1) is 15.0. The fraction of sp³-hybridized carbons (Fsp3) is 0.381. The van der Waals surface area contributed by atoms with Crippen LogP contribution in [0.15, 0.2) is 36.7 Å². The molecule has 1 atom stereocenters. The van der Waals surface area contributed by atoms with Gasteiger partial charge in [-0.25, -0.2) is 23.1 Å². The first-order valence-corrected chi connectivity index (χ1v) is 10.1. The molecular formula is C21H22F2N6O2. The van der Waals surface area contributed by atoms with Crippen LogP contribution in [0.4, 0.5) is 19.3 Å². The summed E-state index contributed by atoms with van der Waals surface area (Å²) < 4.78 is 35.4. The van der Waals surface area contributed by atoms with E-state index in [1.165, 1.54) is 16.8 Å². The van der Waals surface area contributed by atoms with E-state index < -0.39 is 17.2 Å². The van der Waals surface area contributed by atoms with Crippen LogP contribution in [0.3, 0.4) is 0 Å². The Morgan fingerprint density at radius 3 is 2.90 bits per heavy atom. The quantitative estimate of drug-likeness (QED) is 0.667. The van der Waals surface area contributed by atoms with Crippen LogP contribution < -0.4 is 10.6 Å². The van der Waals surface area contributed by atoms with Gasteiger partial charge in [-0.2, -0.15) is 5.10 Å². The van der Waals surface area contributed by atoms with Crippen LogP contribution in [0.25, 0.3) is 5.65 Å². The molecule has 162 valence electrons. The molecule has 10 heteroatoms. The lowest BCUT2D eigenvalue weighted by Gasteiger charge is -2.37. The monoisotopic (exact) mass is 428 g/mol. The van der Waals surface area contributed by atoms with Crippen LogP contribution in [-0.2, 0) is 10.3 Å². The van der Waals surface area contributed by atoms with Gasteiger partial charge in [-0.05, 0) is 43.7 Å². The van der Waals surface area contributed by atoms with Crippen molar-refractivity contribution in [2.45, 2.75) is 24.5 Å². The van der Waals surface area contributed by atoms with Gasteiger partial charge in [-0.3, -0.25) is 0 Å². The number of aromatic nitrogens is 3. The standard InChI is InChI=1S/C21H22F2N6O2/c1-31-14-11-28(12-14)20(30)26-17-10-25-29-8-5-18(27-19(17)29)21(6-2-7-24-21)15-9-13(22)3-4-16(15)23/h3-5,8-10,14,24H,2,6-7,11-12H2,1H3,(H,26,30). The van der Waals surface area contributed by atoms with Gasteiger partial charge in [-0.15, -0.1) is 0 Å². The third kappa shape index (κ3) is 3.31. The number of hydrogen-bond donors (Lipinski definition) is 2. The Kier molecular flexibility index (Phi) is 4.82. The summed E-state index contributed by atoms with van der Waals surface area (Å²) in [7, 11) is 1.62. The van der Waals surface area contributed by atoms with Gasteiger partial charge in [-0.1, -0.05) is 0 Å². The van der Waals surface area contributed by atoms with Crippen molar-refractivity contribution < 1.29 is 18.3 Å². The third-order valence-corrected chi connectivity index (χ3v) is 6.06. The van der Waals surface area contributed by atoms with Crippen LogP contribution >= 0.6 is 0 Å². The maximum Gasteiger partial charge on any atom is 0.322 e. The number of amides is 2. The zero-order valence-corrected chi connectivity index (χ0v) is 16.9. The third-order valence-electron chi connectivity index (χ3n) is 6.06. The second-order valence-corrected chi connectivity index (χ2v) is 7.89. The molecule has 0 spiro atoms. The summed E-state index contributed by atoms with van der Waals surface area (Å²) in [5, 5.41) is 10.4. The molecule has 0 radical (unpaired) electrons. The number of fused-ring (bicyclic) bond motifs is 1. The summed E-state index contributed by atoms with van der Waals surface area (Å²) in [4.78, 5) is 18.8. The number of nitrogens with zero attached hydrogens (tertiary/aromatic N) is 4. The molecule has 2 aliphatic rings. The molecule has 4 heterocycles. The minimum atomic E-state index is -0.956. The highest BCUT2D eigenvalue weighted by Crippen LogP contribution is 2.38. The van der Waals surface area contributed by atoms with Gasteiger partial charge in [0.25, 0.3) is 0 Å². The molecule has 1 unspecified atom stereocenters. The lowest BCUT2D eigenvalue weighted by Crippen LogP contribution is -2.55. The highest BCUT2D eigenvalue weighted by Gasteiger charge is 2.41. The highest BCUT2D eigenvalue weighted by atomic mass is 19.1. The Hall–Kier alpha value is -3.11. The number of benzene rings is 1. The number of urea groups is 1. The van der Waals surface area contributed by atoms with Crippen molar-refractivity contribution in [1.29, 1.82) is 0 Å². The Bertz CT molecular complexity index is 1140. The zero-order chi connectivity index (χ0) is 21.6. The van der Waals surface area contributed by atoms with Crippen molar-refractivity contribution in [2.75, 3.05) is 32.1 Å². The normalized spacial score (nSPS) is 21.5. The average molecular weight is 428 g/mol. The lowest BCUT2D eigenvalue weighted by atomic mass is 9.84. The summed E-state index contributed by atoms with van der Waals surface area (Å²) in [6, 6.07) is 4.93. The van der Waals surface area contributed by atoms with Crippen molar-refractivity contribution in [1.82, 2.24) is 24.8 Å². The van der Waals surface area contributed by atoms with Crippen LogP contribution in [0.2, 0.25) is 0 Å². The van der Waals surface area contributed by atoms with Crippen molar-refractivity contribution in [2.24, 2.45) is 0 Å². The average Bonchev–Trinajstić information content (AvgIpc) is 3.37. The topological polar surface area (TPSA) is 83.8 Å². The van der Waals surface area contributed by atoms with Gasteiger partial charge in [0.05, 0.1) is 36.6 Å². The molecule has 3 aromatic rings.